The first-order chi connectivity index (χ1) is 5.40. The molecule has 60 valence electrons. The van der Waals surface area contributed by atoms with Gasteiger partial charge in [-0.1, -0.05) is 19.4 Å². The second-order valence-corrected chi connectivity index (χ2v) is 4.05. The van der Waals surface area contributed by atoms with E-state index in [0.717, 1.165) is 17.8 Å². The largest absolute Gasteiger partial charge is 0.133 e. The molecule has 0 aromatic rings. The summed E-state index contributed by atoms with van der Waals surface area (Å²) in [5, 5.41) is 0. The van der Waals surface area contributed by atoms with E-state index in [1.165, 1.54) is 32.1 Å². The Balaban J connectivity index is 2.08. The van der Waals surface area contributed by atoms with E-state index in [2.05, 4.69) is 18.4 Å². The monoisotopic (exact) mass is 148 g/mol. The first-order valence-corrected chi connectivity index (χ1v) is 4.76. The van der Waals surface area contributed by atoms with Crippen LogP contribution in [-0.2, 0) is 0 Å². The third kappa shape index (κ3) is 1.28. The van der Waals surface area contributed by atoms with Crippen LogP contribution in [-0.4, -0.2) is 0 Å². The molecule has 3 aliphatic rings. The van der Waals surface area contributed by atoms with Gasteiger partial charge in [-0.2, -0.15) is 0 Å². The van der Waals surface area contributed by atoms with Crippen LogP contribution in [0.1, 0.15) is 32.1 Å². The lowest BCUT2D eigenvalue weighted by Crippen LogP contribution is -2.29. The van der Waals surface area contributed by atoms with Crippen LogP contribution in [0.5, 0.6) is 0 Å². The van der Waals surface area contributed by atoms with Gasteiger partial charge in [0.1, 0.15) is 0 Å². The maximum Gasteiger partial charge on any atom is -0.0127 e. The minimum atomic E-state index is 0.833. The topological polar surface area (TPSA) is 0 Å². The van der Waals surface area contributed by atoms with Gasteiger partial charge in [0.05, 0.1) is 0 Å². The Morgan fingerprint density at radius 3 is 2.36 bits per heavy atom. The molecule has 0 saturated heterocycles. The smallest absolute Gasteiger partial charge is 0.0127 e. The van der Waals surface area contributed by atoms with Crippen molar-refractivity contribution < 1.29 is 0 Å². The molecule has 1 atom stereocenters. The quantitative estimate of drug-likeness (QED) is 0.501. The second-order valence-electron chi connectivity index (χ2n) is 4.05. The summed E-state index contributed by atoms with van der Waals surface area (Å²) in [6, 6.07) is 0. The molecule has 0 aliphatic heterocycles. The minimum absolute atomic E-state index is 0.833. The van der Waals surface area contributed by atoms with Crippen LogP contribution >= 0.6 is 0 Å². The fourth-order valence-electron chi connectivity index (χ4n) is 2.78. The molecule has 0 aromatic heterocycles. The Morgan fingerprint density at radius 2 is 1.91 bits per heavy atom. The fraction of sp³-hybridized carbons (Fsp3) is 0.727. The summed E-state index contributed by atoms with van der Waals surface area (Å²) in [6.07, 6.45) is 9.54. The van der Waals surface area contributed by atoms with Gasteiger partial charge in [0.2, 0.25) is 0 Å². The van der Waals surface area contributed by atoms with Crippen molar-refractivity contribution in [3.05, 3.63) is 18.4 Å². The lowest BCUT2D eigenvalue weighted by Gasteiger charge is -2.40. The molecule has 0 nitrogen and oxygen atoms in total. The van der Waals surface area contributed by atoms with Crippen molar-refractivity contribution in [2.75, 3.05) is 0 Å². The normalized spacial score (nSPS) is 41.6. The predicted molar refractivity (Wildman–Crippen MR) is 47.3 cm³/mol. The van der Waals surface area contributed by atoms with Gasteiger partial charge >= 0.3 is 0 Å². The zero-order valence-electron chi connectivity index (χ0n) is 7.05. The minimum Gasteiger partial charge on any atom is -0.133 e. The molecule has 0 radical (unpaired) electrons. The Hall–Kier alpha value is -0.480. The number of hydrogen-bond donors (Lipinski definition) is 0. The fourth-order valence-corrected chi connectivity index (χ4v) is 2.78. The zero-order valence-corrected chi connectivity index (χ0v) is 7.05. The van der Waals surface area contributed by atoms with Crippen molar-refractivity contribution in [1.29, 1.82) is 0 Å². The molecule has 0 heterocycles. The van der Waals surface area contributed by atoms with Crippen molar-refractivity contribution in [3.8, 4) is 0 Å². The van der Waals surface area contributed by atoms with Crippen LogP contribution in [0.25, 0.3) is 0 Å². The van der Waals surface area contributed by atoms with E-state index in [4.69, 9.17) is 0 Å². The van der Waals surface area contributed by atoms with Crippen LogP contribution in [0.3, 0.4) is 0 Å². The van der Waals surface area contributed by atoms with E-state index in [9.17, 15) is 0 Å². The third-order valence-electron chi connectivity index (χ3n) is 3.43. The molecular weight excluding hydrogens is 132 g/mol. The molecule has 1 unspecified atom stereocenters. The van der Waals surface area contributed by atoms with Gasteiger partial charge in [-0.25, -0.2) is 0 Å². The highest BCUT2D eigenvalue weighted by Crippen LogP contribution is 2.45. The standard InChI is InChI=1S/C11H16/c1-2-3-11-8-9-4-6-10(11)7-5-9/h3,9-11H,1,4-8H2. The first kappa shape index (κ1) is 7.18. The van der Waals surface area contributed by atoms with Crippen molar-refractivity contribution in [2.24, 2.45) is 17.8 Å². The average Bonchev–Trinajstić information content (AvgIpc) is 2.07. The van der Waals surface area contributed by atoms with Crippen LogP contribution in [0, 0.1) is 17.8 Å². The molecule has 3 rings (SSSR count). The van der Waals surface area contributed by atoms with E-state index >= 15 is 0 Å². The Kier molecular flexibility index (Phi) is 1.87. The number of hydrogen-bond acceptors (Lipinski definition) is 0. The van der Waals surface area contributed by atoms with Crippen LogP contribution in [0.2, 0.25) is 0 Å². The Bertz CT molecular complexity index is 178. The maximum absolute atomic E-state index is 3.66. The maximum atomic E-state index is 3.66. The molecule has 0 heteroatoms. The van der Waals surface area contributed by atoms with E-state index < -0.39 is 0 Å². The molecule has 3 fully saturated rings. The number of allylic oxidation sites excluding steroid dienone is 1. The van der Waals surface area contributed by atoms with E-state index in [0.29, 0.717) is 0 Å². The number of fused-ring (bicyclic) bond motifs is 3. The molecule has 0 spiro atoms. The molecule has 3 saturated carbocycles. The van der Waals surface area contributed by atoms with Gasteiger partial charge in [0.25, 0.3) is 0 Å². The van der Waals surface area contributed by atoms with Gasteiger partial charge in [0, 0.05) is 0 Å². The van der Waals surface area contributed by atoms with Crippen molar-refractivity contribution >= 4 is 0 Å². The van der Waals surface area contributed by atoms with Gasteiger partial charge < -0.3 is 0 Å². The molecule has 0 aromatic carbocycles. The first-order valence-electron chi connectivity index (χ1n) is 4.76. The van der Waals surface area contributed by atoms with Crippen molar-refractivity contribution in [3.63, 3.8) is 0 Å². The number of rotatable bonds is 1. The summed E-state index contributed by atoms with van der Waals surface area (Å²) in [5.41, 5.74) is 2.95. The van der Waals surface area contributed by atoms with E-state index in [1.54, 1.807) is 0 Å². The van der Waals surface area contributed by atoms with Crippen molar-refractivity contribution in [1.82, 2.24) is 0 Å². The van der Waals surface area contributed by atoms with Gasteiger partial charge in [-0.3, -0.25) is 0 Å². The SMILES string of the molecule is C=C=CC1CC2CCC1CC2. The third-order valence-corrected chi connectivity index (χ3v) is 3.43. The highest BCUT2D eigenvalue weighted by molar-refractivity contribution is 4.96. The van der Waals surface area contributed by atoms with Crippen LogP contribution in [0.15, 0.2) is 18.4 Å². The molecular formula is C11H16. The van der Waals surface area contributed by atoms with Gasteiger partial charge in [-0.15, -0.1) is 5.73 Å². The van der Waals surface area contributed by atoms with Crippen LogP contribution < -0.4 is 0 Å². The second kappa shape index (κ2) is 2.87. The average molecular weight is 148 g/mol. The Labute approximate surface area is 69.0 Å². The predicted octanol–water partition coefficient (Wildman–Crippen LogP) is 3.15. The van der Waals surface area contributed by atoms with E-state index in [1.807, 2.05) is 0 Å². The Morgan fingerprint density at radius 1 is 1.18 bits per heavy atom. The summed E-state index contributed by atoms with van der Waals surface area (Å²) in [4.78, 5) is 0. The van der Waals surface area contributed by atoms with E-state index in [-0.39, 0.29) is 0 Å². The summed E-state index contributed by atoms with van der Waals surface area (Å²) >= 11 is 0. The lowest BCUT2D eigenvalue weighted by molar-refractivity contribution is 0.128. The van der Waals surface area contributed by atoms with Gasteiger partial charge in [0.15, 0.2) is 0 Å². The zero-order chi connectivity index (χ0) is 7.68. The molecule has 11 heavy (non-hydrogen) atoms. The summed E-state index contributed by atoms with van der Waals surface area (Å²) in [7, 11) is 0. The summed E-state index contributed by atoms with van der Waals surface area (Å²) < 4.78 is 0. The summed E-state index contributed by atoms with van der Waals surface area (Å²) in [6.45, 7) is 3.66. The van der Waals surface area contributed by atoms with Crippen LogP contribution in [0.4, 0.5) is 0 Å². The van der Waals surface area contributed by atoms with Crippen molar-refractivity contribution in [2.45, 2.75) is 32.1 Å². The highest BCUT2D eigenvalue weighted by Gasteiger charge is 2.33. The summed E-state index contributed by atoms with van der Waals surface area (Å²) in [5.74, 6) is 2.85. The van der Waals surface area contributed by atoms with Gasteiger partial charge in [-0.05, 0) is 43.1 Å². The molecule has 0 N–H and O–H groups in total. The molecule has 3 aliphatic carbocycles. The molecule has 2 bridgehead atoms. The molecule has 0 amide bonds. The highest BCUT2D eigenvalue weighted by atomic mass is 14.4. The lowest BCUT2D eigenvalue weighted by atomic mass is 9.65.